The topological polar surface area (TPSA) is 51.4 Å². The monoisotopic (exact) mass is 1140 g/mol. The number of hydrogen-bond donors (Lipinski definition) is 0. The standard InChI is InChI=1S/C65H61N6O.Pt/c1-63(2,3)44-26-29-55-53(33-44)50-28-27-49(38-56(50)71(55)61-36-45(30-31-66-61)64(4,5)6)72-48-24-18-23-47(37-48)69-41-70(59-40-57-54(39-58(59)69)67-60-25-16-17-32-68(57)60)62-51(42-19-12-10-13-20-42)34-46(65(7,8)9)35-52(62)43-21-14-11-15-22-43;/h10-15,18-24,26-31,33-36,39-41H,16-17,25,32H2,1-9H3;/q-3;. The number of benzene rings is 7. The largest absolute Gasteiger partial charge is 0.509 e. The fraction of sp³-hybridized carbons (Fsp3) is 0.246. The van der Waals surface area contributed by atoms with Gasteiger partial charge in [-0.1, -0.05) is 141 Å². The summed E-state index contributed by atoms with van der Waals surface area (Å²) in [5.74, 6) is 3.20. The van der Waals surface area contributed by atoms with Gasteiger partial charge in [-0.25, -0.2) is 9.97 Å². The number of nitrogens with zero attached hydrogens (tertiary/aromatic N) is 6. The van der Waals surface area contributed by atoms with E-state index >= 15 is 0 Å². The van der Waals surface area contributed by atoms with Crippen LogP contribution in [0.1, 0.15) is 97.7 Å². The van der Waals surface area contributed by atoms with E-state index in [4.69, 9.17) is 14.7 Å². The summed E-state index contributed by atoms with van der Waals surface area (Å²) >= 11 is 0. The van der Waals surface area contributed by atoms with Crippen molar-refractivity contribution < 1.29 is 25.8 Å². The van der Waals surface area contributed by atoms with Gasteiger partial charge in [0.15, 0.2) is 0 Å². The summed E-state index contributed by atoms with van der Waals surface area (Å²) in [6, 6.07) is 60.1. The van der Waals surface area contributed by atoms with Crippen molar-refractivity contribution in [1.29, 1.82) is 0 Å². The van der Waals surface area contributed by atoms with Crippen LogP contribution < -0.4 is 14.5 Å². The van der Waals surface area contributed by atoms with Crippen molar-refractivity contribution in [3.8, 4) is 39.6 Å². The van der Waals surface area contributed by atoms with E-state index in [1.165, 1.54) is 27.8 Å². The molecule has 0 aliphatic carbocycles. The van der Waals surface area contributed by atoms with Gasteiger partial charge in [-0.3, -0.25) is 0 Å². The molecule has 0 atom stereocenters. The Labute approximate surface area is 444 Å². The zero-order valence-electron chi connectivity index (χ0n) is 43.2. The van der Waals surface area contributed by atoms with Gasteiger partial charge in [0.2, 0.25) is 0 Å². The third-order valence-electron chi connectivity index (χ3n) is 14.7. The second kappa shape index (κ2) is 18.2. The molecular formula is C65H61N6OPt-3. The predicted molar refractivity (Wildman–Crippen MR) is 297 cm³/mol. The fourth-order valence-corrected chi connectivity index (χ4v) is 10.6. The second-order valence-corrected chi connectivity index (χ2v) is 22.8. The van der Waals surface area contributed by atoms with Gasteiger partial charge in [0.25, 0.3) is 0 Å². The van der Waals surface area contributed by atoms with Gasteiger partial charge in [-0.05, 0) is 105 Å². The molecule has 0 spiro atoms. The summed E-state index contributed by atoms with van der Waals surface area (Å²) in [5, 5.41) is 2.26. The fourth-order valence-electron chi connectivity index (χ4n) is 10.6. The number of pyridine rings is 1. The Morgan fingerprint density at radius 1 is 0.562 bits per heavy atom. The van der Waals surface area contributed by atoms with Crippen LogP contribution in [0.15, 0.2) is 152 Å². The number of hydrogen-bond acceptors (Lipinski definition) is 5. The predicted octanol–water partition coefficient (Wildman–Crippen LogP) is 16.9. The summed E-state index contributed by atoms with van der Waals surface area (Å²) < 4.78 is 11.5. The molecule has 0 N–H and O–H groups in total. The Balaban J connectivity index is 0.00000574. The van der Waals surface area contributed by atoms with Gasteiger partial charge >= 0.3 is 0 Å². The van der Waals surface area contributed by atoms with Crippen molar-refractivity contribution in [2.24, 2.45) is 0 Å². The first-order valence-corrected chi connectivity index (χ1v) is 25.5. The maximum absolute atomic E-state index is 6.84. The molecule has 5 heterocycles. The normalized spacial score (nSPS) is 13.9. The summed E-state index contributed by atoms with van der Waals surface area (Å²) in [4.78, 5) is 14.9. The minimum atomic E-state index is -0.0922. The molecule has 0 amide bonds. The SMILES string of the molecule is CC(C)(C)c1ccnc(-n2c3[c-]c(Oc4[c-]c(N5[CH-]N(c6c(-c7ccccc7)cc(C(C)(C)C)cc6-c6ccccc6)c6cc7c(cc65)nc5n7CCCC5)ccc4)ccc3c3cc(C(C)(C)C)ccc32)c1.[Pt]. The molecule has 370 valence electrons. The summed E-state index contributed by atoms with van der Waals surface area (Å²) in [5.41, 5.74) is 16.5. The Hall–Kier alpha value is -6.95. The van der Waals surface area contributed by atoms with Crippen LogP contribution in [0.25, 0.3) is 60.9 Å². The molecule has 3 aromatic heterocycles. The average Bonchev–Trinajstić information content (AvgIpc) is 4.04. The van der Waals surface area contributed by atoms with Crippen LogP contribution in [0.3, 0.4) is 0 Å². The summed E-state index contributed by atoms with van der Waals surface area (Å²) in [6.45, 7) is 23.6. The molecule has 10 aromatic rings. The van der Waals surface area contributed by atoms with Crippen LogP contribution >= 0.6 is 0 Å². The van der Waals surface area contributed by atoms with Crippen molar-refractivity contribution in [3.63, 3.8) is 0 Å². The maximum Gasteiger partial charge on any atom is 0.135 e. The summed E-state index contributed by atoms with van der Waals surface area (Å²) in [7, 11) is 0. The molecule has 0 bridgehead atoms. The van der Waals surface area contributed by atoms with Crippen LogP contribution in [0.4, 0.5) is 22.7 Å². The Kier molecular flexibility index (Phi) is 12.1. The maximum atomic E-state index is 6.84. The number of rotatable bonds is 7. The van der Waals surface area contributed by atoms with Crippen LogP contribution in [0.5, 0.6) is 11.5 Å². The number of imidazole rings is 1. The third-order valence-corrected chi connectivity index (χ3v) is 14.7. The van der Waals surface area contributed by atoms with E-state index in [0.29, 0.717) is 11.5 Å². The first-order valence-electron chi connectivity index (χ1n) is 25.5. The molecular weight excluding hydrogens is 1080 g/mol. The van der Waals surface area contributed by atoms with E-state index < -0.39 is 0 Å². The average molecular weight is 1140 g/mol. The Morgan fingerprint density at radius 3 is 1.90 bits per heavy atom. The molecule has 12 rings (SSSR count). The van der Waals surface area contributed by atoms with Gasteiger partial charge in [0.1, 0.15) is 11.6 Å². The van der Waals surface area contributed by atoms with Crippen molar-refractivity contribution in [2.45, 2.75) is 104 Å². The second-order valence-electron chi connectivity index (χ2n) is 22.8. The van der Waals surface area contributed by atoms with Crippen molar-refractivity contribution in [2.75, 3.05) is 9.80 Å². The molecule has 73 heavy (non-hydrogen) atoms. The Morgan fingerprint density at radius 2 is 1.22 bits per heavy atom. The minimum Gasteiger partial charge on any atom is -0.509 e. The van der Waals surface area contributed by atoms with Crippen molar-refractivity contribution in [3.05, 3.63) is 193 Å². The zero-order chi connectivity index (χ0) is 49.7. The molecule has 7 aromatic carbocycles. The molecule has 2 aliphatic heterocycles. The number of ether oxygens (including phenoxy) is 1. The van der Waals surface area contributed by atoms with E-state index in [-0.39, 0.29) is 37.3 Å². The van der Waals surface area contributed by atoms with Crippen LogP contribution in [-0.2, 0) is 50.3 Å². The quantitative estimate of drug-likeness (QED) is 0.149. The van der Waals surface area contributed by atoms with Crippen molar-refractivity contribution in [1.82, 2.24) is 19.1 Å². The van der Waals surface area contributed by atoms with E-state index in [0.717, 1.165) is 104 Å². The van der Waals surface area contributed by atoms with Crippen LogP contribution in [-0.4, -0.2) is 19.1 Å². The number of aryl methyl sites for hydroxylation is 2. The smallest absolute Gasteiger partial charge is 0.135 e. The molecule has 8 heteroatoms. The Bertz CT molecular complexity index is 3660. The zero-order valence-corrected chi connectivity index (χ0v) is 45.5. The van der Waals surface area contributed by atoms with E-state index in [9.17, 15) is 0 Å². The molecule has 7 nitrogen and oxygen atoms in total. The molecule has 0 unspecified atom stereocenters. The summed E-state index contributed by atoms with van der Waals surface area (Å²) in [6.07, 6.45) is 5.21. The molecule has 0 radical (unpaired) electrons. The van der Waals surface area contributed by atoms with Crippen LogP contribution in [0.2, 0.25) is 0 Å². The van der Waals surface area contributed by atoms with E-state index in [1.54, 1.807) is 0 Å². The number of fused-ring (bicyclic) bond motifs is 7. The third kappa shape index (κ3) is 8.74. The van der Waals surface area contributed by atoms with Gasteiger partial charge in [0, 0.05) is 85.4 Å². The number of anilines is 4. The van der Waals surface area contributed by atoms with E-state index in [1.807, 2.05) is 18.3 Å². The molecule has 0 fully saturated rings. The minimum absolute atomic E-state index is 0. The van der Waals surface area contributed by atoms with Crippen LogP contribution in [0, 0.1) is 18.8 Å². The van der Waals surface area contributed by atoms with Gasteiger partial charge in [0.05, 0.1) is 11.0 Å². The first-order chi connectivity index (χ1) is 34.6. The number of aromatic nitrogens is 4. The van der Waals surface area contributed by atoms with E-state index in [2.05, 4.69) is 234 Å². The van der Waals surface area contributed by atoms with Crippen molar-refractivity contribution >= 4 is 55.6 Å². The molecule has 0 saturated carbocycles. The van der Waals surface area contributed by atoms with Gasteiger partial charge in [-0.15, -0.1) is 48.1 Å². The molecule has 2 aliphatic rings. The van der Waals surface area contributed by atoms with Gasteiger partial charge < -0.3 is 23.7 Å². The van der Waals surface area contributed by atoms with Gasteiger partial charge in [-0.2, -0.15) is 12.1 Å². The molecule has 0 saturated heterocycles. The first kappa shape index (κ1) is 48.3.